The van der Waals surface area contributed by atoms with Crippen LogP contribution in [0.3, 0.4) is 0 Å². The summed E-state index contributed by atoms with van der Waals surface area (Å²) in [7, 11) is 1.61. The van der Waals surface area contributed by atoms with Crippen molar-refractivity contribution in [1.82, 2.24) is 5.43 Å². The second kappa shape index (κ2) is 9.58. The summed E-state index contributed by atoms with van der Waals surface area (Å²) < 4.78 is 10.9. The summed E-state index contributed by atoms with van der Waals surface area (Å²) in [5, 5.41) is 4.67. The van der Waals surface area contributed by atoms with E-state index in [9.17, 15) is 4.79 Å². The second-order valence-corrected chi connectivity index (χ2v) is 6.32. The molecular formula is C22H19ClN2O3. The van der Waals surface area contributed by atoms with E-state index in [1.165, 1.54) is 0 Å². The molecule has 3 rings (SSSR count). The molecule has 0 heterocycles. The molecule has 0 bridgehead atoms. The maximum absolute atomic E-state index is 12.5. The lowest BCUT2D eigenvalue weighted by Crippen LogP contribution is -2.18. The highest BCUT2D eigenvalue weighted by Crippen LogP contribution is 2.20. The summed E-state index contributed by atoms with van der Waals surface area (Å²) >= 11 is 5.89. The number of carbonyl (C=O) groups excluding carboxylic acids is 1. The minimum absolute atomic E-state index is 0.330. The van der Waals surface area contributed by atoms with E-state index in [1.807, 2.05) is 42.5 Å². The first-order valence-electron chi connectivity index (χ1n) is 8.59. The SMILES string of the molecule is COc1ccc(C=NNC(=O)c2ccccc2OCc2ccc(Cl)cc2)cc1. The van der Waals surface area contributed by atoms with E-state index in [-0.39, 0.29) is 5.91 Å². The molecule has 0 aromatic heterocycles. The number of hydrogen-bond acceptors (Lipinski definition) is 4. The van der Waals surface area contributed by atoms with Gasteiger partial charge in [-0.3, -0.25) is 4.79 Å². The summed E-state index contributed by atoms with van der Waals surface area (Å²) in [5.41, 5.74) is 4.73. The van der Waals surface area contributed by atoms with Crippen LogP contribution in [0.2, 0.25) is 5.02 Å². The number of rotatable bonds is 7. The normalized spacial score (nSPS) is 10.6. The van der Waals surface area contributed by atoms with Crippen LogP contribution in [0.4, 0.5) is 0 Å². The molecule has 0 aliphatic carbocycles. The minimum atomic E-state index is -0.350. The molecule has 1 N–H and O–H groups in total. The van der Waals surface area contributed by atoms with Crippen molar-refractivity contribution in [1.29, 1.82) is 0 Å². The van der Waals surface area contributed by atoms with Crippen LogP contribution in [0, 0.1) is 0 Å². The number of benzene rings is 3. The number of halogens is 1. The zero-order valence-electron chi connectivity index (χ0n) is 15.3. The lowest BCUT2D eigenvalue weighted by Gasteiger charge is -2.10. The van der Waals surface area contributed by atoms with Crippen LogP contribution in [0.5, 0.6) is 11.5 Å². The monoisotopic (exact) mass is 394 g/mol. The van der Waals surface area contributed by atoms with E-state index in [0.29, 0.717) is 22.9 Å². The van der Waals surface area contributed by atoms with Gasteiger partial charge in [0.2, 0.25) is 0 Å². The Bertz CT molecular complexity index is 954. The Morgan fingerprint density at radius 1 is 1.04 bits per heavy atom. The maximum atomic E-state index is 12.5. The van der Waals surface area contributed by atoms with Crippen molar-refractivity contribution in [3.63, 3.8) is 0 Å². The van der Waals surface area contributed by atoms with Crippen molar-refractivity contribution >= 4 is 23.7 Å². The fourth-order valence-electron chi connectivity index (χ4n) is 2.44. The molecule has 6 heteroatoms. The van der Waals surface area contributed by atoms with Crippen LogP contribution < -0.4 is 14.9 Å². The topological polar surface area (TPSA) is 59.9 Å². The third kappa shape index (κ3) is 5.34. The van der Waals surface area contributed by atoms with Crippen LogP contribution in [0.1, 0.15) is 21.5 Å². The highest BCUT2D eigenvalue weighted by molar-refractivity contribution is 6.30. The average molecular weight is 395 g/mol. The third-order valence-electron chi connectivity index (χ3n) is 3.93. The molecule has 5 nitrogen and oxygen atoms in total. The number of hydrogen-bond donors (Lipinski definition) is 1. The average Bonchev–Trinajstić information content (AvgIpc) is 2.74. The molecular weight excluding hydrogens is 376 g/mol. The number of hydrazone groups is 1. The van der Waals surface area contributed by atoms with E-state index in [1.54, 1.807) is 43.7 Å². The van der Waals surface area contributed by atoms with Gasteiger partial charge in [-0.1, -0.05) is 35.9 Å². The van der Waals surface area contributed by atoms with Gasteiger partial charge in [-0.15, -0.1) is 0 Å². The molecule has 0 fully saturated rings. The lowest BCUT2D eigenvalue weighted by molar-refractivity contribution is 0.0950. The highest BCUT2D eigenvalue weighted by Gasteiger charge is 2.11. The Labute approximate surface area is 168 Å². The van der Waals surface area contributed by atoms with E-state index in [0.717, 1.165) is 16.9 Å². The molecule has 28 heavy (non-hydrogen) atoms. The Morgan fingerprint density at radius 2 is 1.75 bits per heavy atom. The molecule has 0 aliphatic heterocycles. The number of ether oxygens (including phenoxy) is 2. The Hall–Kier alpha value is -3.31. The van der Waals surface area contributed by atoms with Crippen molar-refractivity contribution in [2.75, 3.05) is 7.11 Å². The Kier molecular flexibility index (Phi) is 6.65. The fraction of sp³-hybridized carbons (Fsp3) is 0.0909. The first-order chi connectivity index (χ1) is 13.7. The molecule has 3 aromatic rings. The second-order valence-electron chi connectivity index (χ2n) is 5.88. The quantitative estimate of drug-likeness (QED) is 0.467. The number of methoxy groups -OCH3 is 1. The molecule has 0 saturated heterocycles. The van der Waals surface area contributed by atoms with Gasteiger partial charge in [-0.05, 0) is 59.7 Å². The van der Waals surface area contributed by atoms with Crippen LogP contribution in [-0.2, 0) is 6.61 Å². The summed E-state index contributed by atoms with van der Waals surface area (Å²) in [6, 6.07) is 21.7. The number of para-hydroxylation sites is 1. The Balaban J connectivity index is 1.62. The molecule has 0 spiro atoms. The Morgan fingerprint density at radius 3 is 2.46 bits per heavy atom. The van der Waals surface area contributed by atoms with Gasteiger partial charge in [-0.25, -0.2) is 5.43 Å². The van der Waals surface area contributed by atoms with Crippen molar-refractivity contribution in [3.05, 3.63) is 94.5 Å². The van der Waals surface area contributed by atoms with Gasteiger partial charge in [0.25, 0.3) is 5.91 Å². The van der Waals surface area contributed by atoms with Gasteiger partial charge in [0.05, 0.1) is 18.9 Å². The molecule has 0 unspecified atom stereocenters. The first kappa shape index (κ1) is 19.5. The van der Waals surface area contributed by atoms with Crippen molar-refractivity contribution in [3.8, 4) is 11.5 Å². The number of nitrogens with zero attached hydrogens (tertiary/aromatic N) is 1. The van der Waals surface area contributed by atoms with Gasteiger partial charge in [0, 0.05) is 5.02 Å². The smallest absolute Gasteiger partial charge is 0.275 e. The molecule has 0 aliphatic rings. The van der Waals surface area contributed by atoms with E-state index in [2.05, 4.69) is 10.5 Å². The van der Waals surface area contributed by atoms with Crippen LogP contribution >= 0.6 is 11.6 Å². The zero-order chi connectivity index (χ0) is 19.8. The van der Waals surface area contributed by atoms with Gasteiger partial charge < -0.3 is 9.47 Å². The van der Waals surface area contributed by atoms with Crippen LogP contribution in [-0.4, -0.2) is 19.2 Å². The van der Waals surface area contributed by atoms with Crippen molar-refractivity contribution in [2.24, 2.45) is 5.10 Å². The first-order valence-corrected chi connectivity index (χ1v) is 8.97. The third-order valence-corrected chi connectivity index (χ3v) is 4.19. The largest absolute Gasteiger partial charge is 0.497 e. The summed E-state index contributed by atoms with van der Waals surface area (Å²) in [5.74, 6) is 0.888. The number of nitrogens with one attached hydrogen (secondary N) is 1. The fourth-order valence-corrected chi connectivity index (χ4v) is 2.56. The highest BCUT2D eigenvalue weighted by atomic mass is 35.5. The molecule has 142 valence electrons. The van der Waals surface area contributed by atoms with E-state index >= 15 is 0 Å². The van der Waals surface area contributed by atoms with Crippen LogP contribution in [0.15, 0.2) is 77.9 Å². The van der Waals surface area contributed by atoms with Gasteiger partial charge >= 0.3 is 0 Å². The predicted molar refractivity (Wildman–Crippen MR) is 110 cm³/mol. The summed E-state index contributed by atoms with van der Waals surface area (Å²) in [6.45, 7) is 0.330. The molecule has 0 radical (unpaired) electrons. The van der Waals surface area contributed by atoms with Crippen molar-refractivity contribution in [2.45, 2.75) is 6.61 Å². The lowest BCUT2D eigenvalue weighted by atomic mass is 10.2. The summed E-state index contributed by atoms with van der Waals surface area (Å²) in [4.78, 5) is 12.5. The summed E-state index contributed by atoms with van der Waals surface area (Å²) in [6.07, 6.45) is 1.56. The molecule has 1 amide bonds. The minimum Gasteiger partial charge on any atom is -0.497 e. The van der Waals surface area contributed by atoms with Gasteiger partial charge in [0.1, 0.15) is 18.1 Å². The van der Waals surface area contributed by atoms with Crippen molar-refractivity contribution < 1.29 is 14.3 Å². The predicted octanol–water partition coefficient (Wildman–Crippen LogP) is 4.69. The van der Waals surface area contributed by atoms with Gasteiger partial charge in [0.15, 0.2) is 0 Å². The van der Waals surface area contributed by atoms with Gasteiger partial charge in [-0.2, -0.15) is 5.10 Å². The van der Waals surface area contributed by atoms with E-state index < -0.39 is 0 Å². The van der Waals surface area contributed by atoms with Crippen LogP contribution in [0.25, 0.3) is 0 Å². The number of amides is 1. The molecule has 0 saturated carbocycles. The zero-order valence-corrected chi connectivity index (χ0v) is 16.0. The molecule has 0 atom stereocenters. The molecule has 3 aromatic carbocycles. The number of carbonyl (C=O) groups is 1. The van der Waals surface area contributed by atoms with E-state index in [4.69, 9.17) is 21.1 Å². The standard InChI is InChI=1S/C22H19ClN2O3/c1-27-19-12-8-16(9-13-19)14-24-25-22(26)20-4-2-3-5-21(20)28-15-17-6-10-18(23)11-7-17/h2-14H,15H2,1H3,(H,25,26). The maximum Gasteiger partial charge on any atom is 0.275 e.